The number of ether oxygens (including phenoxy) is 5. The summed E-state index contributed by atoms with van der Waals surface area (Å²) in [6.07, 6.45) is -5.87. The van der Waals surface area contributed by atoms with Gasteiger partial charge in [0.25, 0.3) is 5.56 Å². The second-order valence-electron chi connectivity index (χ2n) is 7.09. The number of hydrogen-bond acceptors (Lipinski definition) is 11. The lowest BCUT2D eigenvalue weighted by Crippen LogP contribution is -2.53. The van der Waals surface area contributed by atoms with E-state index in [-0.39, 0.29) is 20.0 Å². The Bertz CT molecular complexity index is 1020. The number of aliphatic hydroxyl groups excluding tert-OH is 2. The molecular formula is C16H22N8O9. The molecule has 0 saturated carbocycles. The van der Waals surface area contributed by atoms with Crippen LogP contribution in [0.4, 0.5) is 0 Å². The standard InChI is InChI=1S/C16H22N8O9/c1-29-15-10(21-23-18)13(7(4-31-15)20-22-17)32-6-30-5-8-11(26)12(27)14(33-8)24-3-2-9(25)19-16(24)28/h2-3,7-8,10-15,26-27H,4-6H2,1H3,(H,19,25,28)/t7-,8-,10-,11-,12-,13+,14-,15-/m1/s1. The number of aliphatic hydroxyl groups is 2. The summed E-state index contributed by atoms with van der Waals surface area (Å²) >= 11 is 0. The lowest BCUT2D eigenvalue weighted by atomic mass is 10.0. The van der Waals surface area contributed by atoms with E-state index in [9.17, 15) is 19.8 Å². The van der Waals surface area contributed by atoms with Gasteiger partial charge in [-0.15, -0.1) is 0 Å². The Hall–Kier alpha value is -2.98. The largest absolute Gasteiger partial charge is 0.387 e. The Morgan fingerprint density at radius 1 is 1.27 bits per heavy atom. The molecule has 2 aliphatic heterocycles. The molecule has 0 spiro atoms. The van der Waals surface area contributed by atoms with E-state index in [1.807, 2.05) is 4.98 Å². The van der Waals surface area contributed by atoms with Gasteiger partial charge in [-0.3, -0.25) is 14.3 Å². The summed E-state index contributed by atoms with van der Waals surface area (Å²) in [7, 11) is 1.35. The van der Waals surface area contributed by atoms with Crippen LogP contribution in [0.15, 0.2) is 32.1 Å². The van der Waals surface area contributed by atoms with Crippen molar-refractivity contribution in [3.05, 3.63) is 54.0 Å². The fraction of sp³-hybridized carbons (Fsp3) is 0.750. The van der Waals surface area contributed by atoms with Gasteiger partial charge in [-0.1, -0.05) is 10.2 Å². The first-order valence-corrected chi connectivity index (χ1v) is 9.66. The van der Waals surface area contributed by atoms with Gasteiger partial charge in [0.15, 0.2) is 12.5 Å². The molecule has 17 nitrogen and oxygen atoms in total. The summed E-state index contributed by atoms with van der Waals surface area (Å²) < 4.78 is 27.9. The third-order valence-corrected chi connectivity index (χ3v) is 5.13. The fourth-order valence-electron chi connectivity index (χ4n) is 3.55. The molecule has 33 heavy (non-hydrogen) atoms. The number of rotatable bonds is 9. The molecule has 2 saturated heterocycles. The Morgan fingerprint density at radius 2 is 2.03 bits per heavy atom. The van der Waals surface area contributed by atoms with Crippen molar-refractivity contribution in [3.63, 3.8) is 0 Å². The molecule has 3 rings (SSSR count). The topological polar surface area (TPSA) is 239 Å². The number of azide groups is 2. The van der Waals surface area contributed by atoms with E-state index < -0.39 is 60.3 Å². The zero-order chi connectivity index (χ0) is 24.0. The molecule has 0 bridgehead atoms. The Labute approximate surface area is 184 Å². The van der Waals surface area contributed by atoms with Gasteiger partial charge in [0.2, 0.25) is 0 Å². The maximum absolute atomic E-state index is 11.9. The van der Waals surface area contributed by atoms with E-state index in [1.54, 1.807) is 0 Å². The highest BCUT2D eigenvalue weighted by atomic mass is 16.7. The number of aromatic nitrogens is 2. The first-order valence-electron chi connectivity index (χ1n) is 9.66. The van der Waals surface area contributed by atoms with Crippen LogP contribution in [-0.4, -0.2) is 89.7 Å². The van der Waals surface area contributed by atoms with Gasteiger partial charge < -0.3 is 33.9 Å². The summed E-state index contributed by atoms with van der Waals surface area (Å²) in [6.45, 7) is -0.680. The third-order valence-electron chi connectivity index (χ3n) is 5.13. The molecule has 2 aliphatic rings. The van der Waals surface area contributed by atoms with Gasteiger partial charge in [0.1, 0.15) is 31.1 Å². The van der Waals surface area contributed by atoms with Crippen LogP contribution >= 0.6 is 0 Å². The van der Waals surface area contributed by atoms with Crippen LogP contribution in [0, 0.1) is 0 Å². The average Bonchev–Trinajstić information content (AvgIpc) is 3.07. The predicted molar refractivity (Wildman–Crippen MR) is 106 cm³/mol. The van der Waals surface area contributed by atoms with Crippen LogP contribution in [0.5, 0.6) is 0 Å². The van der Waals surface area contributed by atoms with Gasteiger partial charge in [-0.2, -0.15) is 0 Å². The molecule has 2 fully saturated rings. The molecule has 0 aromatic carbocycles. The van der Waals surface area contributed by atoms with Crippen molar-refractivity contribution in [1.82, 2.24) is 9.55 Å². The molecule has 1 aromatic heterocycles. The Morgan fingerprint density at radius 3 is 2.70 bits per heavy atom. The first-order chi connectivity index (χ1) is 15.9. The van der Waals surface area contributed by atoms with E-state index in [1.165, 1.54) is 7.11 Å². The van der Waals surface area contributed by atoms with E-state index in [4.69, 9.17) is 34.7 Å². The summed E-state index contributed by atoms with van der Waals surface area (Å²) in [5.74, 6) is 0. The summed E-state index contributed by atoms with van der Waals surface area (Å²) in [5.41, 5.74) is 16.2. The highest BCUT2D eigenvalue weighted by molar-refractivity contribution is 4.95. The zero-order valence-electron chi connectivity index (χ0n) is 17.3. The number of methoxy groups -OCH3 is 1. The molecule has 0 aliphatic carbocycles. The van der Waals surface area contributed by atoms with E-state index in [0.717, 1.165) is 16.8 Å². The summed E-state index contributed by atoms with van der Waals surface area (Å²) in [4.78, 5) is 30.7. The molecule has 3 heterocycles. The highest BCUT2D eigenvalue weighted by Gasteiger charge is 2.44. The van der Waals surface area contributed by atoms with Crippen LogP contribution in [0.2, 0.25) is 0 Å². The minimum absolute atomic E-state index is 0.0447. The summed E-state index contributed by atoms with van der Waals surface area (Å²) in [5, 5.41) is 27.7. The van der Waals surface area contributed by atoms with Gasteiger partial charge in [-0.25, -0.2) is 4.79 Å². The SMILES string of the molecule is CO[C@@H]1OC[C@@H](N=[N+]=[N-])[C@H](OCOC[C@H]2O[C@@H](n3ccc(=O)[nH]c3=O)[C@H](O)[C@@H]2O)[C@H]1N=[N+]=[N-]. The van der Waals surface area contributed by atoms with Crippen LogP contribution < -0.4 is 11.2 Å². The van der Waals surface area contributed by atoms with E-state index in [0.29, 0.717) is 0 Å². The maximum Gasteiger partial charge on any atom is 0.330 e. The van der Waals surface area contributed by atoms with Gasteiger partial charge >= 0.3 is 5.69 Å². The van der Waals surface area contributed by atoms with E-state index in [2.05, 4.69) is 20.1 Å². The van der Waals surface area contributed by atoms with Crippen molar-refractivity contribution in [2.75, 3.05) is 27.1 Å². The molecule has 1 aromatic rings. The number of nitrogens with zero attached hydrogens (tertiary/aromatic N) is 7. The quantitative estimate of drug-likeness (QED) is 0.130. The Kier molecular flexibility index (Phi) is 8.40. The smallest absolute Gasteiger partial charge is 0.330 e. The second-order valence-corrected chi connectivity index (χ2v) is 7.09. The molecule has 8 atom stereocenters. The van der Waals surface area contributed by atoms with Gasteiger partial charge in [0.05, 0.1) is 25.4 Å². The predicted octanol–water partition coefficient (Wildman–Crippen LogP) is -1.12. The summed E-state index contributed by atoms with van der Waals surface area (Å²) in [6, 6.07) is -0.727. The first kappa shape index (κ1) is 24.7. The van der Waals surface area contributed by atoms with Gasteiger partial charge in [-0.05, 0) is 11.1 Å². The molecule has 17 heteroatoms. The maximum atomic E-state index is 11.9. The van der Waals surface area contributed by atoms with Crippen molar-refractivity contribution in [2.45, 2.75) is 49.0 Å². The molecule has 0 radical (unpaired) electrons. The molecule has 3 N–H and O–H groups in total. The van der Waals surface area contributed by atoms with Crippen molar-refractivity contribution in [2.24, 2.45) is 10.2 Å². The molecule has 0 amide bonds. The highest BCUT2D eigenvalue weighted by Crippen LogP contribution is 2.29. The van der Waals surface area contributed by atoms with Crippen molar-refractivity contribution in [3.8, 4) is 0 Å². The lowest BCUT2D eigenvalue weighted by molar-refractivity contribution is -0.216. The monoisotopic (exact) mass is 470 g/mol. The van der Waals surface area contributed by atoms with E-state index >= 15 is 0 Å². The van der Waals surface area contributed by atoms with Crippen molar-refractivity contribution >= 4 is 0 Å². The third kappa shape index (κ3) is 5.51. The number of aromatic amines is 1. The molecule has 180 valence electrons. The zero-order valence-corrected chi connectivity index (χ0v) is 17.3. The normalized spacial score (nSPS) is 33.8. The number of nitrogens with one attached hydrogen (secondary N) is 1. The van der Waals surface area contributed by atoms with Crippen LogP contribution in [-0.2, 0) is 23.7 Å². The second kappa shape index (κ2) is 11.2. The molecule has 0 unspecified atom stereocenters. The van der Waals surface area contributed by atoms with Crippen LogP contribution in [0.25, 0.3) is 20.9 Å². The molecular weight excluding hydrogens is 448 g/mol. The number of hydrogen-bond donors (Lipinski definition) is 3. The van der Waals surface area contributed by atoms with Crippen molar-refractivity contribution in [1.29, 1.82) is 0 Å². The minimum atomic E-state index is -1.47. The lowest BCUT2D eigenvalue weighted by Gasteiger charge is -2.37. The minimum Gasteiger partial charge on any atom is -0.387 e. The number of H-pyrrole nitrogens is 1. The Balaban J connectivity index is 1.60. The van der Waals surface area contributed by atoms with Crippen LogP contribution in [0.1, 0.15) is 6.23 Å². The fourth-order valence-corrected chi connectivity index (χ4v) is 3.55. The van der Waals surface area contributed by atoms with Crippen LogP contribution in [0.3, 0.4) is 0 Å². The average molecular weight is 470 g/mol. The van der Waals surface area contributed by atoms with Crippen molar-refractivity contribution < 1.29 is 33.9 Å². The van der Waals surface area contributed by atoms with Gasteiger partial charge in [0, 0.05) is 29.2 Å².